The van der Waals surface area contributed by atoms with Gasteiger partial charge < -0.3 is 85.9 Å². The van der Waals surface area contributed by atoms with Crippen LogP contribution in [0.25, 0.3) is 0 Å². The first-order chi connectivity index (χ1) is 48.9. The Balaban J connectivity index is 0.524. The maximum absolute atomic E-state index is 12.8. The van der Waals surface area contributed by atoms with Gasteiger partial charge in [0.15, 0.2) is 0 Å². The Bertz CT molecular complexity index is 2480. The number of hydrogen-bond donors (Lipinski definition) is 4. The number of hydrogen-bond acceptors (Lipinski definition) is 18. The molecule has 0 saturated heterocycles. The molecule has 0 aromatic carbocycles. The zero-order valence-corrected chi connectivity index (χ0v) is 66.9. The van der Waals surface area contributed by atoms with Gasteiger partial charge in [-0.1, -0.05) is 131 Å². The minimum atomic E-state index is -3.40. The molecule has 102 heavy (non-hydrogen) atoms. The Hall–Kier alpha value is -1.94. The zero-order chi connectivity index (χ0) is 73.2. The fraction of sp³-hybridized carbons (Fsp3) is 0.900. The van der Waals surface area contributed by atoms with Gasteiger partial charge in [-0.25, -0.2) is 9.59 Å². The van der Waals surface area contributed by atoms with E-state index in [-0.39, 0.29) is 74.9 Å². The van der Waals surface area contributed by atoms with Crippen molar-refractivity contribution in [2.75, 3.05) is 145 Å². The van der Waals surface area contributed by atoms with Crippen LogP contribution in [-0.2, 0) is 65.5 Å². The van der Waals surface area contributed by atoms with E-state index in [1.54, 1.807) is 0 Å². The van der Waals surface area contributed by atoms with E-state index in [1.807, 2.05) is 0 Å². The van der Waals surface area contributed by atoms with Crippen molar-refractivity contribution >= 4 is 39.9 Å². The first-order valence-corrected chi connectivity index (χ1v) is 43.8. The largest absolute Gasteiger partial charge is 0.446 e. The second-order valence-electron chi connectivity index (χ2n) is 33.5. The predicted molar refractivity (Wildman–Crippen MR) is 406 cm³/mol. The number of fused-ring (bicyclic) bond motifs is 10. The summed E-state index contributed by atoms with van der Waals surface area (Å²) in [5.41, 5.74) is 4.48. The Morgan fingerprint density at radius 2 is 0.745 bits per heavy atom. The molecular weight excluding hydrogens is 1340 g/mol. The highest BCUT2D eigenvalue weighted by molar-refractivity contribution is 7.59. The minimum absolute atomic E-state index is 0.0515. The van der Waals surface area contributed by atoms with Crippen molar-refractivity contribution in [1.29, 1.82) is 0 Å². The quantitative estimate of drug-likeness (QED) is 0.0252. The number of ether oxygens (including phenoxy) is 10. The lowest BCUT2D eigenvalue weighted by Gasteiger charge is -2.58. The van der Waals surface area contributed by atoms with E-state index in [2.05, 4.69) is 105 Å². The van der Waals surface area contributed by atoms with Crippen LogP contribution in [0, 0.1) is 92.7 Å². The van der Waals surface area contributed by atoms with Crippen molar-refractivity contribution in [3.63, 3.8) is 0 Å². The molecule has 0 aliphatic heterocycles. The van der Waals surface area contributed by atoms with E-state index in [9.17, 15) is 19.4 Å². The number of alkyl carbamates (subject to hydrolysis) is 2. The van der Waals surface area contributed by atoms with E-state index in [1.165, 1.54) is 114 Å². The molecule has 22 heteroatoms. The van der Waals surface area contributed by atoms with Gasteiger partial charge in [0.1, 0.15) is 12.2 Å². The van der Waals surface area contributed by atoms with E-state index < -0.39 is 15.1 Å². The Morgan fingerprint density at radius 3 is 1.08 bits per heavy atom. The Labute approximate surface area is 616 Å². The molecule has 0 aromatic rings. The van der Waals surface area contributed by atoms with Crippen molar-refractivity contribution in [1.82, 2.24) is 10.6 Å². The van der Waals surface area contributed by atoms with Crippen LogP contribution in [0.3, 0.4) is 0 Å². The van der Waals surface area contributed by atoms with Gasteiger partial charge in [-0.2, -0.15) is 0 Å². The van der Waals surface area contributed by atoms with Crippen molar-refractivity contribution in [2.24, 2.45) is 92.7 Å². The number of allylic oxidation sites excluding steroid dienone is 2. The summed E-state index contributed by atoms with van der Waals surface area (Å²) in [5, 5.41) is 5.75. The van der Waals surface area contributed by atoms with Crippen LogP contribution in [0.2, 0.25) is 0 Å². The molecule has 8 aliphatic rings. The molecule has 590 valence electrons. The van der Waals surface area contributed by atoms with Crippen LogP contribution in [0.5, 0.6) is 0 Å². The van der Waals surface area contributed by atoms with Crippen molar-refractivity contribution < 1.29 is 84.8 Å². The van der Waals surface area contributed by atoms with Gasteiger partial charge in [0.05, 0.1) is 132 Å². The van der Waals surface area contributed by atoms with Crippen LogP contribution in [0.1, 0.15) is 210 Å². The third-order valence-electron chi connectivity index (χ3n) is 26.0. The van der Waals surface area contributed by atoms with E-state index in [4.69, 9.17) is 65.5 Å². The lowest BCUT2D eigenvalue weighted by Crippen LogP contribution is -2.51. The first-order valence-electron chi connectivity index (χ1n) is 40.3. The number of nitrogens with one attached hydrogen (secondary N) is 2. The summed E-state index contributed by atoms with van der Waals surface area (Å²) < 4.78 is 78.2. The van der Waals surface area contributed by atoms with Crippen LogP contribution in [0.15, 0.2) is 23.3 Å². The highest BCUT2D eigenvalue weighted by Gasteiger charge is 2.61. The van der Waals surface area contributed by atoms with Gasteiger partial charge in [-0.3, -0.25) is 0 Å². The zero-order valence-electron chi connectivity index (χ0n) is 65.1. The number of rotatable bonds is 49. The highest BCUT2D eigenvalue weighted by atomic mass is 31.2. The van der Waals surface area contributed by atoms with E-state index in [0.29, 0.717) is 116 Å². The summed E-state index contributed by atoms with van der Waals surface area (Å²) >= 11 is 0. The molecule has 0 bridgehead atoms. The summed E-state index contributed by atoms with van der Waals surface area (Å²) in [7, 11) is -6.81. The summed E-state index contributed by atoms with van der Waals surface area (Å²) in [4.78, 5) is 46.5. The van der Waals surface area contributed by atoms with Crippen LogP contribution in [0.4, 0.5) is 9.59 Å². The van der Waals surface area contributed by atoms with Gasteiger partial charge in [-0.15, -0.1) is 0 Å². The molecule has 0 radical (unpaired) electrons. The summed E-state index contributed by atoms with van der Waals surface area (Å²) in [6.45, 7) is 31.2. The molecule has 2 amide bonds. The fourth-order valence-corrected chi connectivity index (χ4v) is 22.4. The maximum atomic E-state index is 12.8. The van der Waals surface area contributed by atoms with E-state index in [0.717, 1.165) is 110 Å². The molecule has 0 aromatic heterocycles. The molecule has 12 unspecified atom stereocenters. The number of carbonyl (C=O) groups excluding carboxylic acids is 2. The van der Waals surface area contributed by atoms with Crippen LogP contribution >= 0.6 is 15.1 Å². The molecule has 0 heterocycles. The highest BCUT2D eigenvalue weighted by Crippen LogP contribution is 2.69. The minimum Gasteiger partial charge on any atom is -0.446 e. The third kappa shape index (κ3) is 25.3. The average molecular weight is 1480 g/mol. The summed E-state index contributed by atoms with van der Waals surface area (Å²) in [5.74, 6) is 9.72. The maximum Gasteiger partial charge on any atom is 0.407 e. The normalized spacial score (nSPS) is 32.2. The summed E-state index contributed by atoms with van der Waals surface area (Å²) in [6, 6.07) is 0. The van der Waals surface area contributed by atoms with Gasteiger partial charge in [0.2, 0.25) is 15.1 Å². The van der Waals surface area contributed by atoms with Crippen LogP contribution < -0.4 is 10.6 Å². The molecule has 0 spiro atoms. The standard InChI is InChI=1S/C80H142N2O18P2/c1-59(2)15-13-17-61(5)69-23-25-71-67-21-19-63-57-65(27-31-77(63,7)73(67)29-33-79(69,71)9)99-75(83)81-35-37-87-39-41-89-43-45-91-47-49-93-51-53-95-101(11,85)97-55-56-98-102(12,86)96-54-52-94-50-48-92-46-44-90-42-40-88-38-36-82-76(84)100-66-28-32-78(8)64(58-66)20-22-68-72-26-24-70(62(6)18-14-16-60(3)4)80(72,10)34-30-74(68)78/h19-20,59-62,65-74,85-86H,11-18,21-58H2,1-10H3,(H,81,83)(H,82,84)/t61?,62?,65-,66-,67?,68?,69?,70?,71?,72?,73?,74?,77-,78-,79+,80+,101?,102?/m1/s1. The molecule has 8 aliphatic carbocycles. The molecule has 6 saturated carbocycles. The van der Waals surface area contributed by atoms with Crippen molar-refractivity contribution in [2.45, 2.75) is 223 Å². The Kier molecular flexibility index (Phi) is 35.5. The van der Waals surface area contributed by atoms with Gasteiger partial charge in [0.25, 0.3) is 0 Å². The molecule has 20 nitrogen and oxygen atoms in total. The number of amides is 2. The number of carbonyl (C=O) groups is 2. The second kappa shape index (κ2) is 42.3. The van der Waals surface area contributed by atoms with Crippen molar-refractivity contribution in [3.8, 4) is 0 Å². The molecule has 6 fully saturated rings. The first kappa shape index (κ1) is 85.7. The lowest BCUT2D eigenvalue weighted by molar-refractivity contribution is -0.0581. The topological polar surface area (TPSA) is 228 Å². The molecular formula is C80H142N2O18P2. The summed E-state index contributed by atoms with van der Waals surface area (Å²) in [6.07, 6.45) is 38.9. The van der Waals surface area contributed by atoms with Gasteiger partial charge in [0, 0.05) is 25.9 Å². The van der Waals surface area contributed by atoms with Crippen LogP contribution in [-0.4, -0.2) is 192 Å². The van der Waals surface area contributed by atoms with Gasteiger partial charge in [-0.05, 0) is 195 Å². The second-order valence-corrected chi connectivity index (χ2v) is 37.1. The molecule has 18 atom stereocenters. The SMILES string of the molecule is C=P(O)(OCCOCCOCCOCCOCCNC(=O)O[C@@H]1CC[C@]2(C)C(=CCC3C4CCC(C(C)CCCC(C)C)[C@]4(C)CCC32)C1)OCCOP(=C)(O)OCCOCCOCCOCCOCCNC(=O)O[C@@H]1CC[C@]2(C)C(=CCC3C4CCC(C(C)CCCC(C)C)[C@]4(C)CCC32)C1. The van der Waals surface area contributed by atoms with E-state index >= 15 is 0 Å². The Morgan fingerprint density at radius 1 is 0.431 bits per heavy atom. The van der Waals surface area contributed by atoms with Crippen molar-refractivity contribution in [3.05, 3.63) is 23.3 Å². The smallest absolute Gasteiger partial charge is 0.407 e. The fourth-order valence-electron chi connectivity index (χ4n) is 20.8. The monoisotopic (exact) mass is 1480 g/mol. The average Bonchev–Trinajstić information content (AvgIpc) is 1.40. The lowest BCUT2D eigenvalue weighted by atomic mass is 9.47. The predicted octanol–water partition coefficient (Wildman–Crippen LogP) is 15.8. The van der Waals surface area contributed by atoms with Gasteiger partial charge >= 0.3 is 12.2 Å². The molecule has 8 rings (SSSR count). The third-order valence-corrected chi connectivity index (χ3v) is 28.4. The molecule has 4 N–H and O–H groups in total.